The lowest BCUT2D eigenvalue weighted by Crippen LogP contribution is -2.37. The zero-order chi connectivity index (χ0) is 19.1. The summed E-state index contributed by atoms with van der Waals surface area (Å²) >= 11 is 11.9. The molecule has 1 N–H and O–H groups in total. The average molecular weight is 411 g/mol. The van der Waals surface area contributed by atoms with Crippen LogP contribution in [0.15, 0.2) is 22.6 Å². The lowest BCUT2D eigenvalue weighted by atomic mass is 10.3. The molecule has 7 nitrogen and oxygen atoms in total. The minimum absolute atomic E-state index is 0.0610. The van der Waals surface area contributed by atoms with Crippen LogP contribution in [0.5, 0.6) is 5.75 Å². The Hall–Kier alpha value is -1.98. The molecular formula is C18H20Cl2N4O3. The lowest BCUT2D eigenvalue weighted by molar-refractivity contribution is 0.0378. The summed E-state index contributed by atoms with van der Waals surface area (Å²) in [5, 5.41) is 13.3. The smallest absolute Gasteiger partial charge is 0.236 e. The third kappa shape index (κ3) is 5.75. The van der Waals surface area contributed by atoms with Crippen LogP contribution < -0.4 is 10.1 Å². The molecule has 144 valence electrons. The van der Waals surface area contributed by atoms with E-state index in [1.807, 2.05) is 6.07 Å². The third-order valence-electron chi connectivity index (χ3n) is 4.06. The summed E-state index contributed by atoms with van der Waals surface area (Å²) in [6.07, 6.45) is 0.928. The second-order valence-corrected chi connectivity index (χ2v) is 6.84. The number of aromatic nitrogens is 1. The van der Waals surface area contributed by atoms with Crippen LogP contribution in [0.25, 0.3) is 0 Å². The minimum atomic E-state index is 0.0610. The highest BCUT2D eigenvalue weighted by Crippen LogP contribution is 2.28. The Labute approximate surface area is 167 Å². The number of halogens is 2. The van der Waals surface area contributed by atoms with Gasteiger partial charge in [-0.1, -0.05) is 23.2 Å². The fourth-order valence-corrected chi connectivity index (χ4v) is 3.15. The molecule has 1 aromatic heterocycles. The van der Waals surface area contributed by atoms with E-state index in [4.69, 9.17) is 37.1 Å². The minimum Gasteiger partial charge on any atom is -0.482 e. The van der Waals surface area contributed by atoms with Gasteiger partial charge in [-0.25, -0.2) is 0 Å². The highest BCUT2D eigenvalue weighted by molar-refractivity contribution is 6.35. The Balaban J connectivity index is 1.49. The van der Waals surface area contributed by atoms with Crippen LogP contribution in [0, 0.1) is 11.3 Å². The predicted molar refractivity (Wildman–Crippen MR) is 102 cm³/mol. The number of nitriles is 1. The van der Waals surface area contributed by atoms with Crippen molar-refractivity contribution in [3.63, 3.8) is 0 Å². The maximum absolute atomic E-state index is 9.24. The van der Waals surface area contributed by atoms with Gasteiger partial charge >= 0.3 is 0 Å². The first-order chi connectivity index (χ1) is 13.2. The van der Waals surface area contributed by atoms with E-state index in [1.54, 1.807) is 18.2 Å². The average Bonchev–Trinajstić information content (AvgIpc) is 3.07. The zero-order valence-corrected chi connectivity index (χ0v) is 16.2. The van der Waals surface area contributed by atoms with Crippen LogP contribution in [-0.2, 0) is 11.3 Å². The van der Waals surface area contributed by atoms with Crippen LogP contribution in [-0.4, -0.2) is 49.3 Å². The van der Waals surface area contributed by atoms with Crippen LogP contribution >= 0.6 is 23.2 Å². The number of hydrogen-bond donors (Lipinski definition) is 1. The van der Waals surface area contributed by atoms with Gasteiger partial charge in [-0.15, -0.1) is 0 Å². The van der Waals surface area contributed by atoms with Crippen molar-refractivity contribution in [2.75, 3.05) is 44.7 Å². The van der Waals surface area contributed by atoms with E-state index in [1.165, 1.54) is 0 Å². The van der Waals surface area contributed by atoms with E-state index in [0.717, 1.165) is 39.3 Å². The summed E-state index contributed by atoms with van der Waals surface area (Å²) in [6, 6.07) is 6.97. The van der Waals surface area contributed by atoms with Gasteiger partial charge in [0.05, 0.1) is 18.2 Å². The number of nitrogens with zero attached hydrogens (tertiary/aromatic N) is 3. The molecule has 1 saturated heterocycles. The Morgan fingerprint density at radius 3 is 2.85 bits per heavy atom. The SMILES string of the molecule is N#Cc1nc(COc2ccc(Cl)cc2Cl)oc1NCCCN1CCOCC1. The molecule has 0 bridgehead atoms. The molecule has 27 heavy (non-hydrogen) atoms. The number of oxazole rings is 1. The quantitative estimate of drug-likeness (QED) is 0.665. The molecule has 0 amide bonds. The van der Waals surface area contributed by atoms with Crippen molar-refractivity contribution >= 4 is 29.1 Å². The Morgan fingerprint density at radius 2 is 2.11 bits per heavy atom. The van der Waals surface area contributed by atoms with Crippen LogP contribution in [0.2, 0.25) is 10.0 Å². The third-order valence-corrected chi connectivity index (χ3v) is 4.59. The number of nitrogens with one attached hydrogen (secondary N) is 1. The molecule has 2 heterocycles. The number of benzene rings is 1. The highest BCUT2D eigenvalue weighted by atomic mass is 35.5. The zero-order valence-electron chi connectivity index (χ0n) is 14.7. The molecule has 1 aliphatic heterocycles. The molecule has 1 fully saturated rings. The van der Waals surface area contributed by atoms with Crippen molar-refractivity contribution in [1.82, 2.24) is 9.88 Å². The van der Waals surface area contributed by atoms with Crippen molar-refractivity contribution < 1.29 is 13.9 Å². The first kappa shape index (κ1) is 19.8. The Morgan fingerprint density at radius 1 is 1.30 bits per heavy atom. The van der Waals surface area contributed by atoms with E-state index in [2.05, 4.69) is 15.2 Å². The van der Waals surface area contributed by atoms with E-state index in [-0.39, 0.29) is 12.3 Å². The molecule has 0 unspecified atom stereocenters. The molecule has 2 aromatic rings. The lowest BCUT2D eigenvalue weighted by Gasteiger charge is -2.26. The van der Waals surface area contributed by atoms with Crippen molar-refractivity contribution in [1.29, 1.82) is 5.26 Å². The normalized spacial score (nSPS) is 14.7. The summed E-state index contributed by atoms with van der Waals surface area (Å²) in [5.74, 6) is 1.13. The van der Waals surface area contributed by atoms with Gasteiger partial charge in [-0.2, -0.15) is 10.2 Å². The van der Waals surface area contributed by atoms with Gasteiger partial charge in [0.1, 0.15) is 11.8 Å². The standard InChI is InChI=1S/C18H20Cl2N4O3/c19-13-2-3-16(14(20)10-13)26-12-17-23-15(11-21)18(27-17)22-4-1-5-24-6-8-25-9-7-24/h2-3,10,22H,1,4-9,12H2. The van der Waals surface area contributed by atoms with Crippen LogP contribution in [0.3, 0.4) is 0 Å². The number of morpholine rings is 1. The van der Waals surface area contributed by atoms with Gasteiger partial charge in [0.15, 0.2) is 6.61 Å². The van der Waals surface area contributed by atoms with E-state index in [0.29, 0.717) is 34.1 Å². The fourth-order valence-electron chi connectivity index (χ4n) is 2.68. The summed E-state index contributed by atoms with van der Waals surface area (Å²) < 4.78 is 16.5. The first-order valence-corrected chi connectivity index (χ1v) is 9.43. The fraction of sp³-hybridized carbons (Fsp3) is 0.444. The molecule has 1 aromatic carbocycles. The summed E-state index contributed by atoms with van der Waals surface area (Å²) in [7, 11) is 0. The van der Waals surface area contributed by atoms with E-state index >= 15 is 0 Å². The molecule has 0 spiro atoms. The summed E-state index contributed by atoms with van der Waals surface area (Å²) in [6.45, 7) is 5.21. The second kappa shape index (κ2) is 9.81. The molecule has 9 heteroatoms. The second-order valence-electron chi connectivity index (χ2n) is 5.99. The predicted octanol–water partition coefficient (Wildman–Crippen LogP) is 3.57. The van der Waals surface area contributed by atoms with Crippen molar-refractivity contribution in [2.24, 2.45) is 0 Å². The van der Waals surface area contributed by atoms with Crippen LogP contribution in [0.4, 0.5) is 5.88 Å². The van der Waals surface area contributed by atoms with Gasteiger partial charge in [0.2, 0.25) is 17.5 Å². The monoisotopic (exact) mass is 410 g/mol. The number of hydrogen-bond acceptors (Lipinski definition) is 7. The van der Waals surface area contributed by atoms with Crippen molar-refractivity contribution in [3.8, 4) is 11.8 Å². The van der Waals surface area contributed by atoms with Crippen LogP contribution in [0.1, 0.15) is 18.0 Å². The number of ether oxygens (including phenoxy) is 2. The Bertz CT molecular complexity index is 800. The molecule has 1 aliphatic rings. The number of anilines is 1. The molecular weight excluding hydrogens is 391 g/mol. The van der Waals surface area contributed by atoms with E-state index < -0.39 is 0 Å². The van der Waals surface area contributed by atoms with Gasteiger partial charge in [0, 0.05) is 24.7 Å². The molecule has 0 radical (unpaired) electrons. The molecule has 3 rings (SSSR count). The summed E-state index contributed by atoms with van der Waals surface area (Å²) in [4.78, 5) is 6.50. The van der Waals surface area contributed by atoms with Gasteiger partial charge < -0.3 is 19.2 Å². The topological polar surface area (TPSA) is 83.5 Å². The first-order valence-electron chi connectivity index (χ1n) is 8.67. The van der Waals surface area contributed by atoms with E-state index in [9.17, 15) is 5.26 Å². The maximum Gasteiger partial charge on any atom is 0.236 e. The molecule has 0 aliphatic carbocycles. The Kier molecular flexibility index (Phi) is 7.18. The molecule has 0 atom stereocenters. The van der Waals surface area contributed by atoms with Crippen molar-refractivity contribution in [3.05, 3.63) is 39.8 Å². The molecule has 0 saturated carbocycles. The van der Waals surface area contributed by atoms with Gasteiger partial charge in [-0.3, -0.25) is 4.90 Å². The summed E-state index contributed by atoms with van der Waals surface area (Å²) in [5.41, 5.74) is 0.210. The van der Waals surface area contributed by atoms with Gasteiger partial charge in [-0.05, 0) is 31.2 Å². The maximum atomic E-state index is 9.24. The largest absolute Gasteiger partial charge is 0.482 e. The number of rotatable bonds is 8. The van der Waals surface area contributed by atoms with Gasteiger partial charge in [0.25, 0.3) is 0 Å². The highest BCUT2D eigenvalue weighted by Gasteiger charge is 2.14. The van der Waals surface area contributed by atoms with Crippen molar-refractivity contribution in [2.45, 2.75) is 13.0 Å².